The molecule has 0 spiro atoms. The Bertz CT molecular complexity index is 369. The van der Waals surface area contributed by atoms with E-state index in [2.05, 4.69) is 50.0 Å². The van der Waals surface area contributed by atoms with Crippen molar-refractivity contribution in [3.05, 3.63) is 29.8 Å². The van der Waals surface area contributed by atoms with Gasteiger partial charge in [0.1, 0.15) is 0 Å². The van der Waals surface area contributed by atoms with E-state index in [0.29, 0.717) is 5.41 Å². The molecule has 1 aliphatic heterocycles. The minimum absolute atomic E-state index is 0.348. The molecular formula is C13H17N. The molecule has 0 radical (unpaired) electrons. The Labute approximate surface area is 85.9 Å². The van der Waals surface area contributed by atoms with E-state index in [0.717, 1.165) is 12.8 Å². The van der Waals surface area contributed by atoms with Crippen LogP contribution in [0.1, 0.15) is 32.8 Å². The van der Waals surface area contributed by atoms with Crippen LogP contribution < -0.4 is 0 Å². The lowest BCUT2D eigenvalue weighted by Crippen LogP contribution is -2.12. The van der Waals surface area contributed by atoms with E-state index < -0.39 is 0 Å². The first-order valence-electron chi connectivity index (χ1n) is 5.19. The SMILES string of the molecule is CC(C)(C)CC1=Nc2ccccc2C1. The summed E-state index contributed by atoms with van der Waals surface area (Å²) in [4.78, 5) is 4.65. The molecule has 1 aliphatic rings. The van der Waals surface area contributed by atoms with Crippen LogP contribution in [0.5, 0.6) is 0 Å². The van der Waals surface area contributed by atoms with Gasteiger partial charge < -0.3 is 0 Å². The molecule has 0 saturated carbocycles. The Morgan fingerprint density at radius 2 is 1.93 bits per heavy atom. The summed E-state index contributed by atoms with van der Waals surface area (Å²) in [6.45, 7) is 6.79. The third kappa shape index (κ3) is 2.03. The fourth-order valence-corrected chi connectivity index (χ4v) is 1.91. The molecule has 0 fully saturated rings. The van der Waals surface area contributed by atoms with Gasteiger partial charge in [-0.25, -0.2) is 0 Å². The lowest BCUT2D eigenvalue weighted by atomic mass is 9.88. The van der Waals surface area contributed by atoms with Crippen molar-refractivity contribution >= 4 is 11.4 Å². The van der Waals surface area contributed by atoms with Crippen molar-refractivity contribution in [3.63, 3.8) is 0 Å². The summed E-state index contributed by atoms with van der Waals surface area (Å²) in [6.07, 6.45) is 2.15. The van der Waals surface area contributed by atoms with E-state index in [9.17, 15) is 0 Å². The number of hydrogen-bond donors (Lipinski definition) is 0. The van der Waals surface area contributed by atoms with Gasteiger partial charge in [-0.15, -0.1) is 0 Å². The molecule has 0 aromatic heterocycles. The zero-order valence-corrected chi connectivity index (χ0v) is 9.17. The molecule has 1 aromatic rings. The third-order valence-corrected chi connectivity index (χ3v) is 2.40. The highest BCUT2D eigenvalue weighted by atomic mass is 14.8. The van der Waals surface area contributed by atoms with Crippen molar-refractivity contribution in [2.45, 2.75) is 33.6 Å². The second-order valence-corrected chi connectivity index (χ2v) is 5.22. The summed E-state index contributed by atoms with van der Waals surface area (Å²) in [6, 6.07) is 8.43. The van der Waals surface area contributed by atoms with Crippen molar-refractivity contribution in [2.24, 2.45) is 10.4 Å². The van der Waals surface area contributed by atoms with Gasteiger partial charge in [-0.05, 0) is 23.5 Å². The van der Waals surface area contributed by atoms with Crippen LogP contribution >= 0.6 is 0 Å². The van der Waals surface area contributed by atoms with Crippen LogP contribution in [0, 0.1) is 5.41 Å². The van der Waals surface area contributed by atoms with Crippen molar-refractivity contribution in [3.8, 4) is 0 Å². The van der Waals surface area contributed by atoms with Crippen LogP contribution in [0.2, 0.25) is 0 Å². The molecule has 0 saturated heterocycles. The summed E-state index contributed by atoms with van der Waals surface area (Å²) < 4.78 is 0. The van der Waals surface area contributed by atoms with Gasteiger partial charge >= 0.3 is 0 Å². The summed E-state index contributed by atoms with van der Waals surface area (Å²) in [5.41, 5.74) is 4.23. The van der Waals surface area contributed by atoms with Gasteiger partial charge in [0, 0.05) is 12.1 Å². The van der Waals surface area contributed by atoms with Gasteiger partial charge in [-0.1, -0.05) is 39.0 Å². The van der Waals surface area contributed by atoms with Gasteiger partial charge in [-0.3, -0.25) is 4.99 Å². The average Bonchev–Trinajstić information content (AvgIpc) is 2.42. The minimum atomic E-state index is 0.348. The Morgan fingerprint density at radius 3 is 2.57 bits per heavy atom. The Morgan fingerprint density at radius 1 is 1.21 bits per heavy atom. The maximum atomic E-state index is 4.65. The molecule has 0 amide bonds. The standard InChI is InChI=1S/C13H17N/c1-13(2,3)9-11-8-10-6-4-5-7-12(10)14-11/h4-7H,8-9H2,1-3H3. The average molecular weight is 187 g/mol. The predicted octanol–water partition coefficient (Wildman–Crippen LogP) is 3.75. The van der Waals surface area contributed by atoms with Crippen LogP contribution in [0.25, 0.3) is 0 Å². The van der Waals surface area contributed by atoms with Crippen LogP contribution in [-0.2, 0) is 6.42 Å². The Balaban J connectivity index is 2.16. The molecule has 0 unspecified atom stereocenters. The fraction of sp³-hybridized carbons (Fsp3) is 0.462. The smallest absolute Gasteiger partial charge is 0.0664 e. The molecule has 14 heavy (non-hydrogen) atoms. The zero-order chi connectivity index (χ0) is 10.2. The maximum Gasteiger partial charge on any atom is 0.0664 e. The molecular weight excluding hydrogens is 170 g/mol. The quantitative estimate of drug-likeness (QED) is 0.635. The monoisotopic (exact) mass is 187 g/mol. The zero-order valence-electron chi connectivity index (χ0n) is 9.17. The van der Waals surface area contributed by atoms with Gasteiger partial charge in [0.2, 0.25) is 0 Å². The van der Waals surface area contributed by atoms with Crippen molar-refractivity contribution in [1.82, 2.24) is 0 Å². The van der Waals surface area contributed by atoms with E-state index in [1.54, 1.807) is 0 Å². The van der Waals surface area contributed by atoms with E-state index in [1.807, 2.05) is 0 Å². The number of nitrogens with zero attached hydrogens (tertiary/aromatic N) is 1. The molecule has 2 rings (SSSR count). The summed E-state index contributed by atoms with van der Waals surface area (Å²) >= 11 is 0. The lowest BCUT2D eigenvalue weighted by molar-refractivity contribution is 0.432. The van der Waals surface area contributed by atoms with Gasteiger partial charge in [-0.2, -0.15) is 0 Å². The molecule has 0 N–H and O–H groups in total. The largest absolute Gasteiger partial charge is 0.257 e. The van der Waals surface area contributed by atoms with Crippen molar-refractivity contribution < 1.29 is 0 Å². The molecule has 1 heterocycles. The first-order chi connectivity index (χ1) is 6.54. The normalized spacial score (nSPS) is 15.2. The highest BCUT2D eigenvalue weighted by Crippen LogP contribution is 2.30. The molecule has 0 aliphatic carbocycles. The summed E-state index contributed by atoms with van der Waals surface area (Å²) in [5.74, 6) is 0. The minimum Gasteiger partial charge on any atom is -0.257 e. The van der Waals surface area contributed by atoms with Crippen LogP contribution in [0.3, 0.4) is 0 Å². The van der Waals surface area contributed by atoms with Crippen LogP contribution in [0.4, 0.5) is 5.69 Å². The number of aliphatic imine (C=N–C) groups is 1. The highest BCUT2D eigenvalue weighted by molar-refractivity contribution is 5.94. The van der Waals surface area contributed by atoms with Crippen molar-refractivity contribution in [1.29, 1.82) is 0 Å². The predicted molar refractivity (Wildman–Crippen MR) is 61.3 cm³/mol. The van der Waals surface area contributed by atoms with E-state index in [-0.39, 0.29) is 0 Å². The number of fused-ring (bicyclic) bond motifs is 1. The number of rotatable bonds is 1. The number of benzene rings is 1. The fourth-order valence-electron chi connectivity index (χ4n) is 1.91. The second-order valence-electron chi connectivity index (χ2n) is 5.22. The van der Waals surface area contributed by atoms with Crippen LogP contribution in [-0.4, -0.2) is 5.71 Å². The molecule has 1 aromatic carbocycles. The first-order valence-corrected chi connectivity index (χ1v) is 5.19. The van der Waals surface area contributed by atoms with Gasteiger partial charge in [0.05, 0.1) is 5.69 Å². The van der Waals surface area contributed by atoms with E-state index in [1.165, 1.54) is 17.0 Å². The molecule has 0 atom stereocenters. The summed E-state index contributed by atoms with van der Waals surface area (Å²) in [5, 5.41) is 0. The second kappa shape index (κ2) is 3.23. The lowest BCUT2D eigenvalue weighted by Gasteiger charge is -2.17. The molecule has 1 heteroatoms. The Kier molecular flexibility index (Phi) is 2.18. The summed E-state index contributed by atoms with van der Waals surface area (Å²) in [7, 11) is 0. The Hall–Kier alpha value is -1.11. The first kappa shape index (κ1) is 9.45. The molecule has 74 valence electrons. The molecule has 1 nitrogen and oxygen atoms in total. The van der Waals surface area contributed by atoms with Crippen LogP contribution in [0.15, 0.2) is 29.3 Å². The topological polar surface area (TPSA) is 12.4 Å². The van der Waals surface area contributed by atoms with Gasteiger partial charge in [0.25, 0.3) is 0 Å². The maximum absolute atomic E-state index is 4.65. The van der Waals surface area contributed by atoms with E-state index >= 15 is 0 Å². The van der Waals surface area contributed by atoms with E-state index in [4.69, 9.17) is 0 Å². The number of hydrogen-bond acceptors (Lipinski definition) is 1. The van der Waals surface area contributed by atoms with Crippen molar-refractivity contribution in [2.75, 3.05) is 0 Å². The number of para-hydroxylation sites is 1. The third-order valence-electron chi connectivity index (χ3n) is 2.40. The van der Waals surface area contributed by atoms with Gasteiger partial charge in [0.15, 0.2) is 0 Å². The highest BCUT2D eigenvalue weighted by Gasteiger charge is 2.19. The molecule has 0 bridgehead atoms.